The fourth-order valence-corrected chi connectivity index (χ4v) is 5.06. The predicted octanol–water partition coefficient (Wildman–Crippen LogP) is 2.94. The molecule has 28 heavy (non-hydrogen) atoms. The van der Waals surface area contributed by atoms with Gasteiger partial charge in [-0.1, -0.05) is 30.3 Å². The zero-order valence-electron chi connectivity index (χ0n) is 15.6. The van der Waals surface area contributed by atoms with E-state index in [0.717, 1.165) is 10.5 Å². The number of sulfone groups is 1. The summed E-state index contributed by atoms with van der Waals surface area (Å²) in [6, 6.07) is 14.3. The highest BCUT2D eigenvalue weighted by Gasteiger charge is 2.21. The van der Waals surface area contributed by atoms with Crippen LogP contribution in [-0.4, -0.2) is 43.7 Å². The molecule has 0 unspecified atom stereocenters. The Morgan fingerprint density at radius 2 is 1.93 bits per heavy atom. The Morgan fingerprint density at radius 3 is 2.68 bits per heavy atom. The average molecular weight is 419 g/mol. The first-order valence-electron chi connectivity index (χ1n) is 8.92. The number of carbonyl (C=O) groups excluding carboxylic acids is 2. The van der Waals surface area contributed by atoms with Crippen molar-refractivity contribution in [1.29, 1.82) is 0 Å². The van der Waals surface area contributed by atoms with Gasteiger partial charge in [-0.25, -0.2) is 8.42 Å². The summed E-state index contributed by atoms with van der Waals surface area (Å²) in [5.41, 5.74) is 1.50. The second-order valence-corrected chi connectivity index (χ2v) is 9.85. The van der Waals surface area contributed by atoms with Gasteiger partial charge in [-0.05, 0) is 23.8 Å². The van der Waals surface area contributed by atoms with Crippen LogP contribution < -0.4 is 5.32 Å². The second kappa shape index (κ2) is 8.79. The third-order valence-electron chi connectivity index (χ3n) is 4.44. The highest BCUT2D eigenvalue weighted by atomic mass is 32.2. The molecule has 6 nitrogen and oxygen atoms in total. The average Bonchev–Trinajstić information content (AvgIpc) is 2.86. The number of hydrogen-bond donors (Lipinski definition) is 1. The van der Waals surface area contributed by atoms with Crippen LogP contribution in [0.15, 0.2) is 58.3 Å². The van der Waals surface area contributed by atoms with Crippen LogP contribution in [-0.2, 0) is 26.0 Å². The van der Waals surface area contributed by atoms with Gasteiger partial charge < -0.3 is 10.2 Å². The first kappa shape index (κ1) is 20.4. The van der Waals surface area contributed by atoms with Gasteiger partial charge in [0.15, 0.2) is 9.84 Å². The van der Waals surface area contributed by atoms with E-state index in [4.69, 9.17) is 0 Å². The van der Waals surface area contributed by atoms with E-state index in [2.05, 4.69) is 5.32 Å². The molecule has 3 rings (SSSR count). The summed E-state index contributed by atoms with van der Waals surface area (Å²) < 4.78 is 25.4. The Morgan fingerprint density at radius 1 is 1.18 bits per heavy atom. The highest BCUT2D eigenvalue weighted by Crippen LogP contribution is 2.33. The topological polar surface area (TPSA) is 83.6 Å². The highest BCUT2D eigenvalue weighted by molar-refractivity contribution is 7.99. The molecule has 2 aromatic carbocycles. The van der Waals surface area contributed by atoms with Crippen molar-refractivity contribution in [2.45, 2.75) is 29.2 Å². The fourth-order valence-electron chi connectivity index (χ4n) is 2.87. The van der Waals surface area contributed by atoms with Crippen LogP contribution in [0.4, 0.5) is 5.69 Å². The smallest absolute Gasteiger partial charge is 0.225 e. The van der Waals surface area contributed by atoms with Gasteiger partial charge in [0, 0.05) is 37.1 Å². The van der Waals surface area contributed by atoms with Gasteiger partial charge >= 0.3 is 0 Å². The number of amides is 2. The number of carbonyl (C=O) groups is 2. The first-order chi connectivity index (χ1) is 13.3. The third-order valence-corrected chi connectivity index (χ3v) is 7.23. The maximum atomic E-state index is 12.7. The quantitative estimate of drug-likeness (QED) is 0.780. The summed E-state index contributed by atoms with van der Waals surface area (Å²) in [7, 11) is -1.97. The Kier molecular flexibility index (Phi) is 6.41. The van der Waals surface area contributed by atoms with Crippen LogP contribution in [0.25, 0.3) is 0 Å². The van der Waals surface area contributed by atoms with Gasteiger partial charge in [0.1, 0.15) is 0 Å². The number of nitrogens with one attached hydrogen (secondary N) is 1. The largest absolute Gasteiger partial charge is 0.341 e. The van der Waals surface area contributed by atoms with E-state index in [0.29, 0.717) is 24.4 Å². The predicted molar refractivity (Wildman–Crippen MR) is 110 cm³/mol. The van der Waals surface area contributed by atoms with Crippen molar-refractivity contribution >= 4 is 39.1 Å². The maximum absolute atomic E-state index is 12.7. The number of anilines is 1. The van der Waals surface area contributed by atoms with Crippen molar-refractivity contribution in [3.05, 3.63) is 54.1 Å². The number of benzene rings is 2. The zero-order chi connectivity index (χ0) is 20.1. The molecule has 0 saturated heterocycles. The summed E-state index contributed by atoms with van der Waals surface area (Å²) in [5.74, 6) is 0.0300. The minimum absolute atomic E-state index is 0.0934. The van der Waals surface area contributed by atoms with Crippen molar-refractivity contribution in [1.82, 2.24) is 4.90 Å². The molecule has 8 heteroatoms. The van der Waals surface area contributed by atoms with Crippen molar-refractivity contribution in [2.24, 2.45) is 0 Å². The maximum Gasteiger partial charge on any atom is 0.225 e. The SMILES string of the molecule is CN(Cc1ccccc1)C(=O)CCS(=O)(=O)c1ccc2c(c1)NC(=O)CCS2. The fraction of sp³-hybridized carbons (Fsp3) is 0.300. The van der Waals surface area contributed by atoms with Gasteiger partial charge in [-0.3, -0.25) is 9.59 Å². The molecule has 2 aromatic rings. The Hall–Kier alpha value is -2.32. The molecule has 2 amide bonds. The molecular weight excluding hydrogens is 396 g/mol. The van der Waals surface area contributed by atoms with E-state index in [1.807, 2.05) is 30.3 Å². The molecule has 1 aliphatic heterocycles. The number of thioether (sulfide) groups is 1. The Labute approximate surface area is 169 Å². The molecule has 1 heterocycles. The molecule has 0 atom stereocenters. The summed E-state index contributed by atoms with van der Waals surface area (Å²) in [4.78, 5) is 26.6. The molecule has 0 aromatic heterocycles. The summed E-state index contributed by atoms with van der Waals surface area (Å²) in [6.45, 7) is 0.432. The van der Waals surface area contributed by atoms with E-state index in [9.17, 15) is 18.0 Å². The van der Waals surface area contributed by atoms with Crippen LogP contribution in [0, 0.1) is 0 Å². The normalized spacial score (nSPS) is 14.0. The summed E-state index contributed by atoms with van der Waals surface area (Å²) in [5, 5.41) is 2.75. The number of rotatable bonds is 6. The van der Waals surface area contributed by atoms with E-state index >= 15 is 0 Å². The molecule has 0 aliphatic carbocycles. The monoisotopic (exact) mass is 418 g/mol. The van der Waals surface area contributed by atoms with E-state index in [-0.39, 0.29) is 28.9 Å². The molecule has 1 aliphatic rings. The molecule has 0 bridgehead atoms. The molecule has 148 valence electrons. The zero-order valence-corrected chi connectivity index (χ0v) is 17.2. The lowest BCUT2D eigenvalue weighted by atomic mass is 10.2. The van der Waals surface area contributed by atoms with E-state index < -0.39 is 9.84 Å². The molecule has 0 radical (unpaired) electrons. The van der Waals surface area contributed by atoms with Crippen molar-refractivity contribution < 1.29 is 18.0 Å². The van der Waals surface area contributed by atoms with Crippen molar-refractivity contribution in [3.8, 4) is 0 Å². The minimum atomic E-state index is -3.63. The second-order valence-electron chi connectivity index (χ2n) is 6.61. The van der Waals surface area contributed by atoms with Gasteiger partial charge in [-0.2, -0.15) is 0 Å². The van der Waals surface area contributed by atoms with Crippen molar-refractivity contribution in [2.75, 3.05) is 23.9 Å². The van der Waals surface area contributed by atoms with Crippen LogP contribution in [0.1, 0.15) is 18.4 Å². The van der Waals surface area contributed by atoms with Gasteiger partial charge in [-0.15, -0.1) is 11.8 Å². The number of nitrogens with zero attached hydrogens (tertiary/aromatic N) is 1. The lowest BCUT2D eigenvalue weighted by Gasteiger charge is -2.17. The Bertz CT molecular complexity index is 975. The third kappa shape index (κ3) is 5.14. The minimum Gasteiger partial charge on any atom is -0.341 e. The standard InChI is InChI=1S/C20H22N2O4S2/c1-22(14-15-5-3-2-4-6-15)20(24)10-12-28(25,26)16-7-8-18-17(13-16)21-19(23)9-11-27-18/h2-8,13H,9-12,14H2,1H3,(H,21,23). The Balaban J connectivity index is 1.65. The van der Waals surface area contributed by atoms with E-state index in [1.54, 1.807) is 13.1 Å². The van der Waals surface area contributed by atoms with Crippen LogP contribution in [0.2, 0.25) is 0 Å². The van der Waals surface area contributed by atoms with Gasteiger partial charge in [0.05, 0.1) is 16.3 Å². The molecule has 0 spiro atoms. The molecular formula is C20H22N2O4S2. The summed E-state index contributed by atoms with van der Waals surface area (Å²) in [6.07, 6.45) is 0.299. The lowest BCUT2D eigenvalue weighted by Crippen LogP contribution is -2.28. The number of hydrogen-bond acceptors (Lipinski definition) is 5. The van der Waals surface area contributed by atoms with Crippen LogP contribution >= 0.6 is 11.8 Å². The lowest BCUT2D eigenvalue weighted by molar-refractivity contribution is -0.130. The number of fused-ring (bicyclic) bond motifs is 1. The first-order valence-corrected chi connectivity index (χ1v) is 11.6. The van der Waals surface area contributed by atoms with Crippen LogP contribution in [0.5, 0.6) is 0 Å². The van der Waals surface area contributed by atoms with Gasteiger partial charge in [0.2, 0.25) is 11.8 Å². The van der Waals surface area contributed by atoms with Gasteiger partial charge in [0.25, 0.3) is 0 Å². The summed E-state index contributed by atoms with van der Waals surface area (Å²) >= 11 is 1.52. The molecule has 0 fully saturated rings. The van der Waals surface area contributed by atoms with E-state index in [1.165, 1.54) is 28.8 Å². The van der Waals surface area contributed by atoms with Crippen LogP contribution in [0.3, 0.4) is 0 Å². The molecule has 0 saturated carbocycles. The van der Waals surface area contributed by atoms with Crippen molar-refractivity contribution in [3.63, 3.8) is 0 Å². The molecule has 1 N–H and O–H groups in total.